The second kappa shape index (κ2) is 5.81. The Bertz CT molecular complexity index is 980. The first-order valence-electron chi connectivity index (χ1n) is 6.54. The van der Waals surface area contributed by atoms with Crippen molar-refractivity contribution in [1.82, 2.24) is 9.55 Å². The van der Waals surface area contributed by atoms with Gasteiger partial charge in [0.25, 0.3) is 5.56 Å². The fourth-order valence-electron chi connectivity index (χ4n) is 2.21. The van der Waals surface area contributed by atoms with Crippen LogP contribution in [0.3, 0.4) is 0 Å². The lowest BCUT2D eigenvalue weighted by molar-refractivity contribution is 0.612. The van der Waals surface area contributed by atoms with Crippen molar-refractivity contribution in [3.05, 3.63) is 86.0 Å². The second-order valence-corrected chi connectivity index (χ2v) is 5.17. The van der Waals surface area contributed by atoms with Crippen molar-refractivity contribution < 1.29 is 8.78 Å². The lowest BCUT2D eigenvalue weighted by atomic mass is 10.1. The van der Waals surface area contributed by atoms with E-state index in [9.17, 15) is 18.4 Å². The number of benzene rings is 2. The highest BCUT2D eigenvalue weighted by molar-refractivity contribution is 6.30. The Kier molecular flexibility index (Phi) is 3.83. The van der Waals surface area contributed by atoms with Gasteiger partial charge in [0.05, 0.1) is 11.4 Å². The normalized spacial score (nSPS) is 10.7. The molecule has 0 aliphatic carbocycles. The number of nitrogens with zero attached hydrogens (tertiary/aromatic N) is 1. The molecule has 0 aliphatic rings. The summed E-state index contributed by atoms with van der Waals surface area (Å²) in [6.07, 6.45) is 0. The third-order valence-electron chi connectivity index (χ3n) is 3.25. The van der Waals surface area contributed by atoms with Gasteiger partial charge in [-0.2, -0.15) is 0 Å². The second-order valence-electron chi connectivity index (χ2n) is 4.74. The molecule has 7 heteroatoms. The smallest absolute Gasteiger partial charge is 0.306 e. The molecule has 0 spiro atoms. The van der Waals surface area contributed by atoms with Gasteiger partial charge in [0.2, 0.25) is 0 Å². The van der Waals surface area contributed by atoms with Crippen LogP contribution < -0.4 is 11.2 Å². The summed E-state index contributed by atoms with van der Waals surface area (Å²) in [6, 6.07) is 10.3. The first-order valence-corrected chi connectivity index (χ1v) is 6.92. The van der Waals surface area contributed by atoms with Crippen molar-refractivity contribution >= 4 is 11.6 Å². The van der Waals surface area contributed by atoms with Crippen molar-refractivity contribution in [2.24, 2.45) is 0 Å². The van der Waals surface area contributed by atoms with Crippen molar-refractivity contribution in [3.63, 3.8) is 0 Å². The molecule has 0 unspecified atom stereocenters. The van der Waals surface area contributed by atoms with Gasteiger partial charge in [-0.3, -0.25) is 4.79 Å². The Morgan fingerprint density at radius 2 is 1.70 bits per heavy atom. The molecule has 2 aromatic carbocycles. The average molecular weight is 335 g/mol. The molecule has 0 fully saturated rings. The molecule has 0 aliphatic heterocycles. The Morgan fingerprint density at radius 1 is 0.957 bits per heavy atom. The molecule has 1 N–H and O–H groups in total. The van der Waals surface area contributed by atoms with Crippen LogP contribution in [0, 0.1) is 11.6 Å². The van der Waals surface area contributed by atoms with Crippen molar-refractivity contribution in [3.8, 4) is 16.9 Å². The summed E-state index contributed by atoms with van der Waals surface area (Å²) >= 11 is 5.65. The first kappa shape index (κ1) is 15.2. The van der Waals surface area contributed by atoms with Crippen LogP contribution in [-0.2, 0) is 0 Å². The van der Waals surface area contributed by atoms with Gasteiger partial charge < -0.3 is 4.98 Å². The van der Waals surface area contributed by atoms with E-state index in [1.807, 2.05) is 0 Å². The Balaban J connectivity index is 2.22. The minimum atomic E-state index is -0.878. The van der Waals surface area contributed by atoms with Gasteiger partial charge in [0.1, 0.15) is 11.6 Å². The first-order chi connectivity index (χ1) is 11.0. The number of aromatic nitrogens is 2. The van der Waals surface area contributed by atoms with Crippen LogP contribution in [-0.4, -0.2) is 9.55 Å². The molecule has 3 aromatic rings. The van der Waals surface area contributed by atoms with Crippen LogP contribution in [0.4, 0.5) is 8.78 Å². The fraction of sp³-hybridized carbons (Fsp3) is 0. The van der Waals surface area contributed by atoms with Crippen LogP contribution in [0.1, 0.15) is 0 Å². The molecule has 23 heavy (non-hydrogen) atoms. The van der Waals surface area contributed by atoms with Crippen LogP contribution >= 0.6 is 11.6 Å². The molecule has 0 radical (unpaired) electrons. The van der Waals surface area contributed by atoms with Gasteiger partial charge in [-0.25, -0.2) is 18.1 Å². The SMILES string of the molecule is O=c1cc(-c2ccccc2F)[nH]c(=O)n1-c1ccc(Cl)cc1F. The molecule has 0 bridgehead atoms. The molecule has 0 saturated heterocycles. The van der Waals surface area contributed by atoms with E-state index in [1.54, 1.807) is 6.07 Å². The standard InChI is InChI=1S/C16H9ClF2N2O2/c17-9-5-6-14(12(19)7-9)21-15(22)8-13(20-16(21)23)10-3-1-2-4-11(10)18/h1-8H,(H,20,23). The van der Waals surface area contributed by atoms with E-state index in [-0.39, 0.29) is 22.0 Å². The summed E-state index contributed by atoms with van der Waals surface area (Å²) < 4.78 is 28.3. The molecular formula is C16H9ClF2N2O2. The predicted molar refractivity (Wildman–Crippen MR) is 83.0 cm³/mol. The number of aromatic amines is 1. The fourth-order valence-corrected chi connectivity index (χ4v) is 2.37. The third kappa shape index (κ3) is 2.80. The minimum absolute atomic E-state index is 0.0173. The molecule has 0 atom stereocenters. The van der Waals surface area contributed by atoms with Crippen molar-refractivity contribution in [2.75, 3.05) is 0 Å². The van der Waals surface area contributed by atoms with Gasteiger partial charge in [-0.15, -0.1) is 0 Å². The molecule has 4 nitrogen and oxygen atoms in total. The zero-order valence-electron chi connectivity index (χ0n) is 11.5. The molecule has 116 valence electrons. The number of rotatable bonds is 2. The van der Waals surface area contributed by atoms with E-state index in [0.29, 0.717) is 4.57 Å². The number of hydrogen-bond donors (Lipinski definition) is 1. The highest BCUT2D eigenvalue weighted by Crippen LogP contribution is 2.19. The van der Waals surface area contributed by atoms with Crippen molar-refractivity contribution in [2.45, 2.75) is 0 Å². The van der Waals surface area contributed by atoms with Crippen LogP contribution in [0.5, 0.6) is 0 Å². The van der Waals surface area contributed by atoms with Crippen LogP contribution in [0.15, 0.2) is 58.1 Å². The Hall–Kier alpha value is -2.73. The van der Waals surface area contributed by atoms with Gasteiger partial charge in [0.15, 0.2) is 0 Å². The summed E-state index contributed by atoms with van der Waals surface area (Å²) in [5, 5.41) is 0.138. The Morgan fingerprint density at radius 3 is 2.35 bits per heavy atom. The van der Waals surface area contributed by atoms with E-state index >= 15 is 0 Å². The molecular weight excluding hydrogens is 326 g/mol. The van der Waals surface area contributed by atoms with Gasteiger partial charge in [-0.05, 0) is 30.3 Å². The maximum absolute atomic E-state index is 13.9. The summed E-state index contributed by atoms with van der Waals surface area (Å²) in [5.74, 6) is -1.40. The molecule has 0 amide bonds. The van der Waals surface area contributed by atoms with Crippen LogP contribution in [0.2, 0.25) is 5.02 Å². The largest absolute Gasteiger partial charge is 0.333 e. The van der Waals surface area contributed by atoms with Gasteiger partial charge in [-0.1, -0.05) is 23.7 Å². The number of nitrogens with one attached hydrogen (secondary N) is 1. The van der Waals surface area contributed by atoms with E-state index in [0.717, 1.165) is 12.1 Å². The van der Waals surface area contributed by atoms with E-state index < -0.39 is 22.9 Å². The zero-order valence-corrected chi connectivity index (χ0v) is 12.3. The summed E-state index contributed by atoms with van der Waals surface area (Å²) in [7, 11) is 0. The Labute approximate surface area is 133 Å². The number of hydrogen-bond acceptors (Lipinski definition) is 2. The quantitative estimate of drug-likeness (QED) is 0.783. The zero-order chi connectivity index (χ0) is 16.6. The molecule has 1 aromatic heterocycles. The molecule has 3 rings (SSSR count). The maximum atomic E-state index is 13.9. The molecule has 0 saturated carbocycles. The lowest BCUT2D eigenvalue weighted by Gasteiger charge is -2.08. The summed E-state index contributed by atoms with van der Waals surface area (Å²) in [4.78, 5) is 26.8. The van der Waals surface area contributed by atoms with E-state index in [4.69, 9.17) is 11.6 Å². The monoisotopic (exact) mass is 334 g/mol. The number of H-pyrrole nitrogens is 1. The highest BCUT2D eigenvalue weighted by atomic mass is 35.5. The topological polar surface area (TPSA) is 54.9 Å². The van der Waals surface area contributed by atoms with E-state index in [1.165, 1.54) is 30.3 Å². The van der Waals surface area contributed by atoms with Crippen LogP contribution in [0.25, 0.3) is 16.9 Å². The summed E-state index contributed by atoms with van der Waals surface area (Å²) in [5.41, 5.74) is -1.81. The lowest BCUT2D eigenvalue weighted by Crippen LogP contribution is -2.34. The van der Waals surface area contributed by atoms with E-state index in [2.05, 4.69) is 4.98 Å². The van der Waals surface area contributed by atoms with Gasteiger partial charge in [0, 0.05) is 16.7 Å². The maximum Gasteiger partial charge on any atom is 0.333 e. The predicted octanol–water partition coefficient (Wildman–Crippen LogP) is 3.12. The summed E-state index contributed by atoms with van der Waals surface area (Å²) in [6.45, 7) is 0. The third-order valence-corrected chi connectivity index (χ3v) is 3.48. The van der Waals surface area contributed by atoms with Gasteiger partial charge >= 0.3 is 5.69 Å². The highest BCUT2D eigenvalue weighted by Gasteiger charge is 2.13. The molecule has 1 heterocycles. The number of halogens is 3. The average Bonchev–Trinajstić information content (AvgIpc) is 2.49. The minimum Gasteiger partial charge on any atom is -0.306 e. The van der Waals surface area contributed by atoms with Crippen molar-refractivity contribution in [1.29, 1.82) is 0 Å².